The monoisotopic (exact) mass is 424 g/mol. The van der Waals surface area contributed by atoms with Crippen LogP contribution in [0.25, 0.3) is 5.69 Å². The second kappa shape index (κ2) is 7.62. The van der Waals surface area contributed by atoms with Crippen LogP contribution in [0.1, 0.15) is 0 Å². The molecule has 0 aliphatic heterocycles. The fraction of sp³-hybridized carbons (Fsp3) is 0.0625. The number of halogens is 3. The highest BCUT2D eigenvalue weighted by molar-refractivity contribution is 9.10. The lowest BCUT2D eigenvalue weighted by atomic mass is 10.2. The van der Waals surface area contributed by atoms with Crippen LogP contribution >= 0.6 is 27.5 Å². The van der Waals surface area contributed by atoms with E-state index in [2.05, 4.69) is 31.3 Å². The molecular weight excluding hydrogens is 415 g/mol. The molecule has 1 amide bonds. The number of carbonyl (C=O) groups excluding carboxylic acids is 1. The van der Waals surface area contributed by atoms with Crippen molar-refractivity contribution in [1.29, 1.82) is 0 Å². The second-order valence-corrected chi connectivity index (χ2v) is 6.27. The topological polar surface area (TPSA) is 69.0 Å². The van der Waals surface area contributed by atoms with E-state index in [1.54, 1.807) is 24.3 Å². The summed E-state index contributed by atoms with van der Waals surface area (Å²) < 4.78 is 21.0. The summed E-state index contributed by atoms with van der Waals surface area (Å²) in [6, 6.07) is 9.26. The van der Waals surface area contributed by atoms with Crippen molar-refractivity contribution in [1.82, 2.24) is 14.8 Å². The van der Waals surface area contributed by atoms with Gasteiger partial charge in [0.1, 0.15) is 12.7 Å². The van der Waals surface area contributed by atoms with Gasteiger partial charge in [-0.3, -0.25) is 4.79 Å². The van der Waals surface area contributed by atoms with Crippen LogP contribution in [0.4, 0.5) is 10.1 Å². The zero-order valence-corrected chi connectivity index (χ0v) is 15.0. The summed E-state index contributed by atoms with van der Waals surface area (Å²) in [4.78, 5) is 16.0. The number of hydrogen-bond donors (Lipinski definition) is 1. The Hall–Kier alpha value is -2.45. The van der Waals surface area contributed by atoms with E-state index in [1.807, 2.05) is 0 Å². The van der Waals surface area contributed by atoms with E-state index in [-0.39, 0.29) is 12.4 Å². The van der Waals surface area contributed by atoms with E-state index < -0.39 is 11.7 Å². The van der Waals surface area contributed by atoms with Crippen molar-refractivity contribution in [2.24, 2.45) is 0 Å². The lowest BCUT2D eigenvalue weighted by Gasteiger charge is -2.12. The first-order chi connectivity index (χ1) is 12.0. The summed E-state index contributed by atoms with van der Waals surface area (Å²) in [6.07, 6.45) is 2.87. The van der Waals surface area contributed by atoms with Gasteiger partial charge in [-0.1, -0.05) is 27.5 Å². The van der Waals surface area contributed by atoms with Gasteiger partial charge in [0.2, 0.25) is 0 Å². The maximum Gasteiger partial charge on any atom is 0.262 e. The Morgan fingerprint density at radius 2 is 2.16 bits per heavy atom. The SMILES string of the molecule is O=C(COc1ccc(Br)cc1F)Nc1cc(Cl)ccc1-n1cncn1. The van der Waals surface area contributed by atoms with E-state index >= 15 is 0 Å². The van der Waals surface area contributed by atoms with E-state index in [0.717, 1.165) is 0 Å². The van der Waals surface area contributed by atoms with Crippen LogP contribution in [0.3, 0.4) is 0 Å². The summed E-state index contributed by atoms with van der Waals surface area (Å²) in [5, 5.41) is 7.14. The van der Waals surface area contributed by atoms with Gasteiger partial charge in [-0.05, 0) is 36.4 Å². The van der Waals surface area contributed by atoms with Crippen molar-refractivity contribution in [2.75, 3.05) is 11.9 Å². The van der Waals surface area contributed by atoms with Crippen molar-refractivity contribution in [3.8, 4) is 11.4 Å². The van der Waals surface area contributed by atoms with Gasteiger partial charge >= 0.3 is 0 Å². The van der Waals surface area contributed by atoms with Gasteiger partial charge in [0.15, 0.2) is 18.2 Å². The van der Waals surface area contributed by atoms with Crippen LogP contribution < -0.4 is 10.1 Å². The quantitative estimate of drug-likeness (QED) is 0.674. The number of amides is 1. The van der Waals surface area contributed by atoms with Crippen molar-refractivity contribution in [2.45, 2.75) is 0 Å². The number of hydrogen-bond acceptors (Lipinski definition) is 4. The standard InChI is InChI=1S/C16H11BrClFN4O2/c17-10-1-4-15(12(19)5-10)25-7-16(24)22-13-6-11(18)2-3-14(13)23-9-20-8-21-23/h1-6,8-9H,7H2,(H,22,24). The predicted molar refractivity (Wildman–Crippen MR) is 94.6 cm³/mol. The number of ether oxygens (including phenoxy) is 1. The summed E-state index contributed by atoms with van der Waals surface area (Å²) in [7, 11) is 0. The molecule has 0 aliphatic rings. The van der Waals surface area contributed by atoms with Crippen LogP contribution in [0.5, 0.6) is 5.75 Å². The highest BCUT2D eigenvalue weighted by atomic mass is 79.9. The van der Waals surface area contributed by atoms with E-state index in [4.69, 9.17) is 16.3 Å². The molecule has 6 nitrogen and oxygen atoms in total. The lowest BCUT2D eigenvalue weighted by Crippen LogP contribution is -2.21. The van der Waals surface area contributed by atoms with Gasteiger partial charge in [-0.15, -0.1) is 0 Å². The number of nitrogens with one attached hydrogen (secondary N) is 1. The van der Waals surface area contributed by atoms with Crippen LogP contribution in [0, 0.1) is 5.82 Å². The third-order valence-electron chi connectivity index (χ3n) is 3.15. The third kappa shape index (κ3) is 4.34. The Bertz CT molecular complexity index is 905. The minimum Gasteiger partial charge on any atom is -0.481 e. The van der Waals surface area contributed by atoms with Crippen molar-refractivity contribution in [3.63, 3.8) is 0 Å². The van der Waals surface area contributed by atoms with Gasteiger partial charge < -0.3 is 10.1 Å². The molecule has 1 heterocycles. The number of rotatable bonds is 5. The minimum absolute atomic E-state index is 0.0130. The molecule has 128 valence electrons. The van der Waals surface area contributed by atoms with E-state index in [0.29, 0.717) is 20.9 Å². The van der Waals surface area contributed by atoms with E-state index in [1.165, 1.54) is 29.5 Å². The molecule has 0 radical (unpaired) electrons. The fourth-order valence-electron chi connectivity index (χ4n) is 2.06. The summed E-state index contributed by atoms with van der Waals surface area (Å²) in [5.74, 6) is -1.04. The molecule has 1 aromatic heterocycles. The maximum absolute atomic E-state index is 13.7. The zero-order valence-electron chi connectivity index (χ0n) is 12.6. The molecule has 0 unspecified atom stereocenters. The summed E-state index contributed by atoms with van der Waals surface area (Å²) in [6.45, 7) is -0.359. The third-order valence-corrected chi connectivity index (χ3v) is 3.88. The first-order valence-corrected chi connectivity index (χ1v) is 8.22. The molecule has 0 atom stereocenters. The maximum atomic E-state index is 13.7. The smallest absolute Gasteiger partial charge is 0.262 e. The zero-order chi connectivity index (χ0) is 17.8. The van der Waals surface area contributed by atoms with Gasteiger partial charge in [0.25, 0.3) is 5.91 Å². The summed E-state index contributed by atoms with van der Waals surface area (Å²) >= 11 is 9.14. The van der Waals surface area contributed by atoms with Gasteiger partial charge in [0.05, 0.1) is 11.4 Å². The number of anilines is 1. The molecule has 3 rings (SSSR count). The second-order valence-electron chi connectivity index (χ2n) is 4.91. The first-order valence-electron chi connectivity index (χ1n) is 7.05. The average molecular weight is 426 g/mol. The van der Waals surface area contributed by atoms with Gasteiger partial charge in [-0.2, -0.15) is 5.10 Å². The molecule has 3 aromatic rings. The molecule has 25 heavy (non-hydrogen) atoms. The van der Waals surface area contributed by atoms with E-state index in [9.17, 15) is 9.18 Å². The van der Waals surface area contributed by atoms with Crippen molar-refractivity contribution < 1.29 is 13.9 Å². The van der Waals surface area contributed by atoms with Crippen LogP contribution in [-0.2, 0) is 4.79 Å². The predicted octanol–water partition coefficient (Wildman–Crippen LogP) is 3.84. The Morgan fingerprint density at radius 3 is 2.88 bits per heavy atom. The van der Waals surface area contributed by atoms with Gasteiger partial charge in [-0.25, -0.2) is 14.1 Å². The van der Waals surface area contributed by atoms with Crippen LogP contribution in [0.2, 0.25) is 5.02 Å². The average Bonchev–Trinajstić information content (AvgIpc) is 3.08. The number of benzene rings is 2. The molecule has 9 heteroatoms. The molecule has 0 aliphatic carbocycles. The molecule has 1 N–H and O–H groups in total. The molecular formula is C16H11BrClFN4O2. The number of aromatic nitrogens is 3. The lowest BCUT2D eigenvalue weighted by molar-refractivity contribution is -0.118. The van der Waals surface area contributed by atoms with Crippen LogP contribution in [-0.4, -0.2) is 27.3 Å². The molecule has 0 saturated carbocycles. The van der Waals surface area contributed by atoms with Crippen molar-refractivity contribution >= 4 is 39.1 Å². The highest BCUT2D eigenvalue weighted by Gasteiger charge is 2.12. The minimum atomic E-state index is -0.562. The summed E-state index contributed by atoms with van der Waals surface area (Å²) in [5.41, 5.74) is 1.02. The molecule has 0 bridgehead atoms. The van der Waals surface area contributed by atoms with Gasteiger partial charge in [0, 0.05) is 9.50 Å². The largest absolute Gasteiger partial charge is 0.481 e. The molecule has 0 saturated heterocycles. The fourth-order valence-corrected chi connectivity index (χ4v) is 2.57. The van der Waals surface area contributed by atoms with Crippen LogP contribution in [0.15, 0.2) is 53.5 Å². The number of nitrogens with zero attached hydrogens (tertiary/aromatic N) is 3. The Balaban J connectivity index is 1.72. The Kier molecular flexibility index (Phi) is 5.30. The Morgan fingerprint density at radius 1 is 1.32 bits per heavy atom. The Labute approximate surface area is 155 Å². The highest BCUT2D eigenvalue weighted by Crippen LogP contribution is 2.24. The molecule has 0 fully saturated rings. The normalized spacial score (nSPS) is 10.5. The first kappa shape index (κ1) is 17.4. The molecule has 0 spiro atoms. The van der Waals surface area contributed by atoms with Crippen molar-refractivity contribution in [3.05, 3.63) is 64.4 Å². The molecule has 2 aromatic carbocycles. The number of carbonyl (C=O) groups is 1.